The Morgan fingerprint density at radius 3 is 2.19 bits per heavy atom. The Labute approximate surface area is 99.8 Å². The molecule has 1 rings (SSSR count). The van der Waals surface area contributed by atoms with E-state index in [1.807, 2.05) is 0 Å². The summed E-state index contributed by atoms with van der Waals surface area (Å²) >= 11 is 0. The Morgan fingerprint density at radius 2 is 1.56 bits per heavy atom. The maximum absolute atomic E-state index is 4.44. The van der Waals surface area contributed by atoms with Gasteiger partial charge >= 0.3 is 0 Å². The Hall–Kier alpha value is -0.790. The quantitative estimate of drug-likeness (QED) is 0.657. The molecule has 0 saturated carbocycles. The van der Waals surface area contributed by atoms with Gasteiger partial charge in [0.05, 0.1) is 5.69 Å². The van der Waals surface area contributed by atoms with Crippen molar-refractivity contribution in [3.63, 3.8) is 0 Å². The molecular weight excluding hydrogens is 196 g/mol. The lowest BCUT2D eigenvalue weighted by atomic mass is 10.1. The van der Waals surface area contributed by atoms with Gasteiger partial charge in [-0.05, 0) is 38.2 Å². The molecule has 0 unspecified atom stereocenters. The normalized spacial score (nSPS) is 10.9. The van der Waals surface area contributed by atoms with Gasteiger partial charge in [-0.3, -0.25) is 5.10 Å². The minimum absolute atomic E-state index is 1.14. The molecule has 0 aliphatic heterocycles. The number of aromatic amines is 1. The van der Waals surface area contributed by atoms with Gasteiger partial charge in [0.25, 0.3) is 0 Å². The van der Waals surface area contributed by atoms with Crippen molar-refractivity contribution in [2.45, 2.75) is 72.1 Å². The van der Waals surface area contributed by atoms with Gasteiger partial charge in [-0.2, -0.15) is 5.10 Å². The molecule has 0 atom stereocenters. The van der Waals surface area contributed by atoms with Crippen molar-refractivity contribution < 1.29 is 0 Å². The molecule has 0 radical (unpaired) electrons. The van der Waals surface area contributed by atoms with Crippen LogP contribution < -0.4 is 0 Å². The summed E-state index contributed by atoms with van der Waals surface area (Å²) < 4.78 is 0. The molecule has 1 aromatic heterocycles. The maximum atomic E-state index is 4.44. The lowest BCUT2D eigenvalue weighted by Crippen LogP contribution is -1.91. The van der Waals surface area contributed by atoms with E-state index in [2.05, 4.69) is 31.0 Å². The highest BCUT2D eigenvalue weighted by Crippen LogP contribution is 2.15. The Bertz CT molecular complexity index is 261. The third-order valence-corrected chi connectivity index (χ3v) is 3.26. The van der Waals surface area contributed by atoms with Crippen LogP contribution in [0.5, 0.6) is 0 Å². The highest BCUT2D eigenvalue weighted by molar-refractivity contribution is 5.23. The van der Waals surface area contributed by atoms with Crippen molar-refractivity contribution in [3.05, 3.63) is 17.0 Å². The van der Waals surface area contributed by atoms with Crippen LogP contribution in [0.3, 0.4) is 0 Å². The number of aryl methyl sites for hydroxylation is 2. The number of unbranched alkanes of at least 4 members (excludes halogenated alkanes) is 4. The number of aromatic nitrogens is 2. The molecule has 0 amide bonds. The largest absolute Gasteiger partial charge is 0.282 e. The number of hydrogen-bond donors (Lipinski definition) is 1. The first-order valence-corrected chi connectivity index (χ1v) is 6.82. The van der Waals surface area contributed by atoms with E-state index < -0.39 is 0 Å². The molecule has 1 N–H and O–H groups in total. The van der Waals surface area contributed by atoms with Gasteiger partial charge in [-0.1, -0.05) is 39.5 Å². The van der Waals surface area contributed by atoms with Gasteiger partial charge < -0.3 is 0 Å². The third kappa shape index (κ3) is 3.99. The highest BCUT2D eigenvalue weighted by Gasteiger charge is 2.07. The second kappa shape index (κ2) is 7.48. The molecule has 0 fully saturated rings. The van der Waals surface area contributed by atoms with Crippen molar-refractivity contribution in [1.82, 2.24) is 10.2 Å². The smallest absolute Gasteiger partial charge is 0.0654 e. The molecule has 2 nitrogen and oxygen atoms in total. The van der Waals surface area contributed by atoms with Crippen LogP contribution in [-0.2, 0) is 12.8 Å². The zero-order valence-corrected chi connectivity index (χ0v) is 11.1. The van der Waals surface area contributed by atoms with Crippen molar-refractivity contribution >= 4 is 0 Å². The number of hydrogen-bond acceptors (Lipinski definition) is 1. The highest BCUT2D eigenvalue weighted by atomic mass is 15.1. The number of nitrogens with one attached hydrogen (secondary N) is 1. The summed E-state index contributed by atoms with van der Waals surface area (Å²) in [4.78, 5) is 0. The number of rotatable bonds is 8. The van der Waals surface area contributed by atoms with Crippen LogP contribution in [0.4, 0.5) is 0 Å². The molecule has 0 aliphatic carbocycles. The fourth-order valence-corrected chi connectivity index (χ4v) is 2.06. The zero-order chi connectivity index (χ0) is 11.8. The van der Waals surface area contributed by atoms with Crippen LogP contribution in [-0.4, -0.2) is 10.2 Å². The van der Waals surface area contributed by atoms with Gasteiger partial charge in [0.15, 0.2) is 0 Å². The summed E-state index contributed by atoms with van der Waals surface area (Å²) in [5.41, 5.74) is 4.06. The predicted molar refractivity (Wildman–Crippen MR) is 69.8 cm³/mol. The molecule has 1 heterocycles. The van der Waals surface area contributed by atoms with E-state index in [0.29, 0.717) is 0 Å². The minimum Gasteiger partial charge on any atom is -0.282 e. The van der Waals surface area contributed by atoms with Crippen LogP contribution in [0, 0.1) is 6.92 Å². The first-order valence-electron chi connectivity index (χ1n) is 6.82. The van der Waals surface area contributed by atoms with Crippen molar-refractivity contribution in [2.75, 3.05) is 0 Å². The molecule has 1 aromatic rings. The fraction of sp³-hybridized carbons (Fsp3) is 0.786. The average molecular weight is 222 g/mol. The Morgan fingerprint density at radius 1 is 0.938 bits per heavy atom. The van der Waals surface area contributed by atoms with E-state index in [-0.39, 0.29) is 0 Å². The Kier molecular flexibility index (Phi) is 6.20. The molecule has 0 spiro atoms. The van der Waals surface area contributed by atoms with Crippen LogP contribution >= 0.6 is 0 Å². The molecule has 0 aliphatic rings. The summed E-state index contributed by atoms with van der Waals surface area (Å²) in [6, 6.07) is 0. The number of nitrogens with zero attached hydrogens (tertiary/aromatic N) is 1. The maximum Gasteiger partial charge on any atom is 0.0654 e. The van der Waals surface area contributed by atoms with Crippen molar-refractivity contribution in [3.8, 4) is 0 Å². The first kappa shape index (κ1) is 13.3. The van der Waals surface area contributed by atoms with Gasteiger partial charge in [0.1, 0.15) is 0 Å². The Balaban J connectivity index is 2.41. The average Bonchev–Trinajstić information content (AvgIpc) is 2.62. The molecule has 0 aromatic carbocycles. The third-order valence-electron chi connectivity index (χ3n) is 3.26. The first-order chi connectivity index (χ1) is 7.79. The second-order valence-electron chi connectivity index (χ2n) is 4.69. The van der Waals surface area contributed by atoms with Gasteiger partial charge in [-0.15, -0.1) is 0 Å². The molecule has 2 heteroatoms. The van der Waals surface area contributed by atoms with E-state index in [9.17, 15) is 0 Å². The van der Waals surface area contributed by atoms with Crippen LogP contribution in [0.1, 0.15) is 69.3 Å². The summed E-state index contributed by atoms with van der Waals surface area (Å²) in [5.74, 6) is 0. The van der Waals surface area contributed by atoms with E-state index in [4.69, 9.17) is 0 Å². The van der Waals surface area contributed by atoms with Crippen LogP contribution in [0.2, 0.25) is 0 Å². The predicted octanol–water partition coefficient (Wildman–Crippen LogP) is 4.18. The molecule has 0 saturated heterocycles. The minimum atomic E-state index is 1.14. The molecule has 16 heavy (non-hydrogen) atoms. The molecule has 92 valence electrons. The van der Waals surface area contributed by atoms with Crippen molar-refractivity contribution in [1.29, 1.82) is 0 Å². The summed E-state index contributed by atoms with van der Waals surface area (Å²) in [7, 11) is 0. The lowest BCUT2D eigenvalue weighted by molar-refractivity contribution is 0.701. The lowest BCUT2D eigenvalue weighted by Gasteiger charge is -2.00. The SMILES string of the molecule is CCCCCc1n[nH]c(CCCCC)c1C. The molecule has 0 bridgehead atoms. The summed E-state index contributed by atoms with van der Waals surface area (Å²) in [5, 5.41) is 7.65. The standard InChI is InChI=1S/C14H26N2/c1-4-6-8-10-13-12(3)14(16-15-13)11-9-7-5-2/h4-11H2,1-3H3,(H,15,16). The van der Waals surface area contributed by atoms with Gasteiger partial charge in [0.2, 0.25) is 0 Å². The van der Waals surface area contributed by atoms with E-state index in [1.165, 1.54) is 61.9 Å². The second-order valence-corrected chi connectivity index (χ2v) is 4.69. The summed E-state index contributed by atoms with van der Waals surface area (Å²) in [6.07, 6.45) is 10.1. The molecular formula is C14H26N2. The number of H-pyrrole nitrogens is 1. The van der Waals surface area contributed by atoms with Gasteiger partial charge in [0, 0.05) is 5.69 Å². The van der Waals surface area contributed by atoms with E-state index >= 15 is 0 Å². The topological polar surface area (TPSA) is 28.7 Å². The van der Waals surface area contributed by atoms with Gasteiger partial charge in [-0.25, -0.2) is 0 Å². The van der Waals surface area contributed by atoms with E-state index in [0.717, 1.165) is 6.42 Å². The van der Waals surface area contributed by atoms with E-state index in [1.54, 1.807) is 0 Å². The fourth-order valence-electron chi connectivity index (χ4n) is 2.06. The zero-order valence-electron chi connectivity index (χ0n) is 11.1. The van der Waals surface area contributed by atoms with Crippen LogP contribution in [0.25, 0.3) is 0 Å². The monoisotopic (exact) mass is 222 g/mol. The summed E-state index contributed by atoms with van der Waals surface area (Å²) in [6.45, 7) is 6.70. The van der Waals surface area contributed by atoms with Crippen LogP contribution in [0.15, 0.2) is 0 Å². The van der Waals surface area contributed by atoms with Crippen molar-refractivity contribution in [2.24, 2.45) is 0 Å².